The van der Waals surface area contributed by atoms with E-state index in [9.17, 15) is 0 Å². The third kappa shape index (κ3) is 1.26. The van der Waals surface area contributed by atoms with Gasteiger partial charge in [0.25, 0.3) is 0 Å². The van der Waals surface area contributed by atoms with E-state index in [0.717, 1.165) is 5.00 Å². The third-order valence-corrected chi connectivity index (χ3v) is 3.45. The molecule has 0 saturated heterocycles. The first-order chi connectivity index (χ1) is 5.77. The third-order valence-electron chi connectivity index (χ3n) is 1.67. The lowest BCUT2D eigenvalue weighted by Gasteiger charge is -1.91. The summed E-state index contributed by atoms with van der Waals surface area (Å²) < 4.78 is 0. The van der Waals surface area contributed by atoms with Crippen LogP contribution in [0.15, 0.2) is 23.6 Å². The Morgan fingerprint density at radius 2 is 2.25 bits per heavy atom. The molecule has 2 heterocycles. The van der Waals surface area contributed by atoms with Crippen LogP contribution < -0.4 is 5.73 Å². The van der Waals surface area contributed by atoms with E-state index in [2.05, 4.69) is 24.4 Å². The number of aryl methyl sites for hydroxylation is 1. The molecule has 62 valence electrons. The number of nitrogen functional groups attached to an aromatic ring is 1. The highest BCUT2D eigenvalue weighted by Gasteiger charge is 2.05. The van der Waals surface area contributed by atoms with Gasteiger partial charge in [0.05, 0.1) is 5.00 Å². The molecule has 2 aromatic rings. The van der Waals surface area contributed by atoms with Crippen LogP contribution in [0.2, 0.25) is 0 Å². The van der Waals surface area contributed by atoms with Crippen molar-refractivity contribution in [3.63, 3.8) is 0 Å². The summed E-state index contributed by atoms with van der Waals surface area (Å²) in [4.78, 5) is 2.53. The van der Waals surface area contributed by atoms with Gasteiger partial charge in [-0.3, -0.25) is 0 Å². The van der Waals surface area contributed by atoms with Crippen LogP contribution in [0.4, 0.5) is 5.00 Å². The minimum atomic E-state index is 0.926. The lowest BCUT2D eigenvalue weighted by Crippen LogP contribution is -1.79. The van der Waals surface area contributed by atoms with E-state index < -0.39 is 0 Å². The van der Waals surface area contributed by atoms with Crippen molar-refractivity contribution in [1.29, 1.82) is 0 Å². The molecule has 0 aliphatic heterocycles. The average Bonchev–Trinajstić information content (AvgIpc) is 2.58. The molecule has 1 nitrogen and oxygen atoms in total. The minimum Gasteiger partial charge on any atom is -0.390 e. The van der Waals surface area contributed by atoms with Crippen molar-refractivity contribution in [2.75, 3.05) is 5.73 Å². The Balaban J connectivity index is 2.54. The second kappa shape index (κ2) is 2.92. The predicted octanol–water partition coefficient (Wildman–Crippen LogP) is 3.37. The highest BCUT2D eigenvalue weighted by Crippen LogP contribution is 2.35. The molecule has 0 radical (unpaired) electrons. The normalized spacial score (nSPS) is 10.4. The summed E-state index contributed by atoms with van der Waals surface area (Å²) in [6.07, 6.45) is 0. The summed E-state index contributed by atoms with van der Waals surface area (Å²) in [6.45, 7) is 2.08. The standard InChI is InChI=1S/C9H9NS2/c1-6-5-7(9(10)12-6)8-3-2-4-11-8/h2-5H,10H2,1H3. The first-order valence-electron chi connectivity index (χ1n) is 3.67. The first kappa shape index (κ1) is 7.83. The maximum absolute atomic E-state index is 5.86. The zero-order chi connectivity index (χ0) is 8.55. The Hall–Kier alpha value is -0.800. The molecule has 0 aliphatic carbocycles. The molecular weight excluding hydrogens is 186 g/mol. The Kier molecular flexibility index (Phi) is 1.90. The van der Waals surface area contributed by atoms with E-state index in [-0.39, 0.29) is 0 Å². The van der Waals surface area contributed by atoms with Gasteiger partial charge in [-0.05, 0) is 24.4 Å². The lowest BCUT2D eigenvalue weighted by atomic mass is 10.2. The highest BCUT2D eigenvalue weighted by molar-refractivity contribution is 7.18. The first-order valence-corrected chi connectivity index (χ1v) is 5.37. The van der Waals surface area contributed by atoms with Gasteiger partial charge in [-0.1, -0.05) is 6.07 Å². The molecule has 2 aromatic heterocycles. The van der Waals surface area contributed by atoms with Gasteiger partial charge >= 0.3 is 0 Å². The SMILES string of the molecule is Cc1cc(-c2cccs2)c(N)s1. The van der Waals surface area contributed by atoms with Crippen LogP contribution in [-0.2, 0) is 0 Å². The van der Waals surface area contributed by atoms with Crippen molar-refractivity contribution in [3.05, 3.63) is 28.5 Å². The number of rotatable bonds is 1. The van der Waals surface area contributed by atoms with Crippen LogP contribution >= 0.6 is 22.7 Å². The van der Waals surface area contributed by atoms with Gasteiger partial charge in [0.15, 0.2) is 0 Å². The van der Waals surface area contributed by atoms with Crippen LogP contribution in [-0.4, -0.2) is 0 Å². The van der Waals surface area contributed by atoms with Crippen molar-refractivity contribution < 1.29 is 0 Å². The molecule has 0 fully saturated rings. The van der Waals surface area contributed by atoms with Crippen LogP contribution in [0.1, 0.15) is 4.88 Å². The smallest absolute Gasteiger partial charge is 0.0947 e. The van der Waals surface area contributed by atoms with Gasteiger partial charge in [-0.2, -0.15) is 0 Å². The van der Waals surface area contributed by atoms with E-state index in [1.165, 1.54) is 15.3 Å². The van der Waals surface area contributed by atoms with E-state index in [0.29, 0.717) is 0 Å². The second-order valence-electron chi connectivity index (χ2n) is 2.61. The van der Waals surface area contributed by atoms with Crippen molar-refractivity contribution in [2.45, 2.75) is 6.92 Å². The summed E-state index contributed by atoms with van der Waals surface area (Å²) in [5, 5.41) is 3.00. The van der Waals surface area contributed by atoms with Gasteiger partial charge in [0.1, 0.15) is 0 Å². The number of thiophene rings is 2. The van der Waals surface area contributed by atoms with Crippen molar-refractivity contribution in [3.8, 4) is 10.4 Å². The van der Waals surface area contributed by atoms with E-state index >= 15 is 0 Å². The number of hydrogen-bond donors (Lipinski definition) is 1. The summed E-state index contributed by atoms with van der Waals surface area (Å²) >= 11 is 3.38. The summed E-state index contributed by atoms with van der Waals surface area (Å²) in [5.74, 6) is 0. The van der Waals surface area contributed by atoms with Crippen LogP contribution in [0.3, 0.4) is 0 Å². The van der Waals surface area contributed by atoms with Gasteiger partial charge < -0.3 is 5.73 Å². The van der Waals surface area contributed by atoms with Gasteiger partial charge in [0, 0.05) is 15.3 Å². The quantitative estimate of drug-likeness (QED) is 0.741. The molecule has 2 N–H and O–H groups in total. The maximum Gasteiger partial charge on any atom is 0.0947 e. The zero-order valence-electron chi connectivity index (χ0n) is 6.70. The Labute approximate surface area is 79.5 Å². The zero-order valence-corrected chi connectivity index (χ0v) is 8.34. The maximum atomic E-state index is 5.86. The largest absolute Gasteiger partial charge is 0.390 e. The van der Waals surface area contributed by atoms with Crippen LogP contribution in [0.5, 0.6) is 0 Å². The molecule has 0 aromatic carbocycles. The number of anilines is 1. The van der Waals surface area contributed by atoms with Crippen LogP contribution in [0, 0.1) is 6.92 Å². The molecule has 0 saturated carbocycles. The average molecular weight is 195 g/mol. The summed E-state index contributed by atoms with van der Waals surface area (Å²) in [5.41, 5.74) is 7.05. The summed E-state index contributed by atoms with van der Waals surface area (Å²) in [7, 11) is 0. The Bertz CT molecular complexity index is 373. The minimum absolute atomic E-state index is 0.926. The molecular formula is C9H9NS2. The van der Waals surface area contributed by atoms with Crippen molar-refractivity contribution >= 4 is 27.7 Å². The van der Waals surface area contributed by atoms with Crippen molar-refractivity contribution in [2.24, 2.45) is 0 Å². The Morgan fingerprint density at radius 3 is 2.75 bits per heavy atom. The van der Waals surface area contributed by atoms with Crippen LogP contribution in [0.25, 0.3) is 10.4 Å². The fraction of sp³-hybridized carbons (Fsp3) is 0.111. The number of nitrogens with two attached hydrogens (primary N) is 1. The fourth-order valence-corrected chi connectivity index (χ4v) is 2.78. The van der Waals surface area contributed by atoms with Gasteiger partial charge in [-0.15, -0.1) is 22.7 Å². The molecule has 3 heteroatoms. The monoisotopic (exact) mass is 195 g/mol. The molecule has 0 bridgehead atoms. The molecule has 12 heavy (non-hydrogen) atoms. The fourth-order valence-electron chi connectivity index (χ4n) is 1.16. The van der Waals surface area contributed by atoms with E-state index in [4.69, 9.17) is 5.73 Å². The van der Waals surface area contributed by atoms with E-state index in [1.54, 1.807) is 22.7 Å². The highest BCUT2D eigenvalue weighted by atomic mass is 32.1. The van der Waals surface area contributed by atoms with Gasteiger partial charge in [0.2, 0.25) is 0 Å². The number of hydrogen-bond acceptors (Lipinski definition) is 3. The predicted molar refractivity (Wildman–Crippen MR) is 56.8 cm³/mol. The lowest BCUT2D eigenvalue weighted by molar-refractivity contribution is 1.64. The topological polar surface area (TPSA) is 26.0 Å². The summed E-state index contributed by atoms with van der Waals surface area (Å²) in [6, 6.07) is 6.29. The van der Waals surface area contributed by atoms with Gasteiger partial charge in [-0.25, -0.2) is 0 Å². The van der Waals surface area contributed by atoms with E-state index in [1.807, 2.05) is 6.07 Å². The van der Waals surface area contributed by atoms with Crippen molar-refractivity contribution in [1.82, 2.24) is 0 Å². The molecule has 0 aliphatic rings. The molecule has 0 spiro atoms. The molecule has 0 amide bonds. The molecule has 0 atom stereocenters. The molecule has 0 unspecified atom stereocenters. The Morgan fingerprint density at radius 1 is 1.42 bits per heavy atom. The molecule has 2 rings (SSSR count). The second-order valence-corrected chi connectivity index (χ2v) is 4.85.